The van der Waals surface area contributed by atoms with Crippen LogP contribution in [0.15, 0.2) is 59.4 Å². The predicted molar refractivity (Wildman–Crippen MR) is 75.1 cm³/mol. The van der Waals surface area contributed by atoms with Crippen molar-refractivity contribution < 1.29 is 9.32 Å². The molecule has 0 atom stereocenters. The molecule has 1 amide bonds. The van der Waals surface area contributed by atoms with Gasteiger partial charge in [-0.05, 0) is 17.7 Å². The number of benzene rings is 1. The smallest absolute Gasteiger partial charge is 0.316 e. The lowest BCUT2D eigenvalue weighted by atomic mass is 10.2. The number of nitrogens with one attached hydrogen (secondary N) is 1. The van der Waals surface area contributed by atoms with Crippen molar-refractivity contribution in [2.24, 2.45) is 0 Å². The Bertz CT molecular complexity index is 726. The van der Waals surface area contributed by atoms with E-state index >= 15 is 0 Å². The van der Waals surface area contributed by atoms with Crippen LogP contribution in [0.5, 0.6) is 0 Å². The minimum absolute atomic E-state index is 0.0529. The molecule has 0 radical (unpaired) electrons. The summed E-state index contributed by atoms with van der Waals surface area (Å²) < 4.78 is 4.98. The van der Waals surface area contributed by atoms with Gasteiger partial charge in [0.05, 0.1) is 0 Å². The highest BCUT2D eigenvalue weighted by Crippen LogP contribution is 2.14. The molecule has 0 aliphatic heterocycles. The molecule has 3 aromatic rings. The van der Waals surface area contributed by atoms with E-state index in [9.17, 15) is 4.79 Å². The Morgan fingerprint density at radius 2 is 1.86 bits per heavy atom. The fourth-order valence-corrected chi connectivity index (χ4v) is 1.78. The molecular formula is C15H12N4O2. The van der Waals surface area contributed by atoms with E-state index in [4.69, 9.17) is 4.52 Å². The Balaban J connectivity index is 1.67. The van der Waals surface area contributed by atoms with Crippen molar-refractivity contribution in [3.05, 3.63) is 66.3 Å². The molecule has 104 valence electrons. The van der Waals surface area contributed by atoms with E-state index in [-0.39, 0.29) is 5.89 Å². The number of hydrogen-bond acceptors (Lipinski definition) is 5. The van der Waals surface area contributed by atoms with Gasteiger partial charge in [-0.25, -0.2) is 0 Å². The van der Waals surface area contributed by atoms with Gasteiger partial charge < -0.3 is 9.84 Å². The number of carbonyl (C=O) groups is 1. The van der Waals surface area contributed by atoms with Crippen molar-refractivity contribution >= 4 is 5.91 Å². The standard InChI is InChI=1S/C15H12N4O2/c20-14(17-10-11-6-8-16-9-7-11)15-18-13(19-21-15)12-4-2-1-3-5-12/h1-9H,10H2,(H,17,20). The van der Waals surface area contributed by atoms with Crippen LogP contribution in [0.1, 0.15) is 16.2 Å². The van der Waals surface area contributed by atoms with Crippen LogP contribution in [0.2, 0.25) is 0 Å². The van der Waals surface area contributed by atoms with Crippen molar-refractivity contribution in [1.82, 2.24) is 20.4 Å². The summed E-state index contributed by atoms with van der Waals surface area (Å²) >= 11 is 0. The number of aromatic nitrogens is 3. The van der Waals surface area contributed by atoms with Crippen LogP contribution in [0, 0.1) is 0 Å². The van der Waals surface area contributed by atoms with Crippen LogP contribution >= 0.6 is 0 Å². The van der Waals surface area contributed by atoms with Gasteiger partial charge in [0.1, 0.15) is 0 Å². The molecule has 0 spiro atoms. The molecule has 1 aromatic carbocycles. The number of pyridine rings is 1. The third-order valence-corrected chi connectivity index (χ3v) is 2.85. The van der Waals surface area contributed by atoms with Gasteiger partial charge in [0.2, 0.25) is 5.82 Å². The lowest BCUT2D eigenvalue weighted by molar-refractivity contribution is 0.0907. The maximum atomic E-state index is 11.9. The summed E-state index contributed by atoms with van der Waals surface area (Å²) in [5.74, 6) is -0.0611. The number of hydrogen-bond donors (Lipinski definition) is 1. The SMILES string of the molecule is O=C(NCc1ccncc1)c1nc(-c2ccccc2)no1. The molecule has 0 aliphatic rings. The third-order valence-electron chi connectivity index (χ3n) is 2.85. The highest BCUT2D eigenvalue weighted by atomic mass is 16.5. The Morgan fingerprint density at radius 1 is 1.10 bits per heavy atom. The summed E-state index contributed by atoms with van der Waals surface area (Å²) in [7, 11) is 0. The molecule has 0 saturated carbocycles. The average molecular weight is 280 g/mol. The number of rotatable bonds is 4. The Hall–Kier alpha value is -3.02. The van der Waals surface area contributed by atoms with Crippen LogP contribution in [-0.2, 0) is 6.54 Å². The maximum absolute atomic E-state index is 11.9. The van der Waals surface area contributed by atoms with Gasteiger partial charge >= 0.3 is 11.8 Å². The first kappa shape index (κ1) is 13.0. The Kier molecular flexibility index (Phi) is 3.68. The van der Waals surface area contributed by atoms with Crippen molar-refractivity contribution in [3.8, 4) is 11.4 Å². The first-order chi connectivity index (χ1) is 10.3. The predicted octanol–water partition coefficient (Wildman–Crippen LogP) is 2.06. The zero-order valence-electron chi connectivity index (χ0n) is 11.1. The van der Waals surface area contributed by atoms with E-state index in [2.05, 4.69) is 20.4 Å². The minimum Gasteiger partial charge on any atom is -0.344 e. The fourth-order valence-electron chi connectivity index (χ4n) is 1.78. The third kappa shape index (κ3) is 3.11. The topological polar surface area (TPSA) is 80.9 Å². The summed E-state index contributed by atoms with van der Waals surface area (Å²) in [4.78, 5) is 19.9. The highest BCUT2D eigenvalue weighted by molar-refractivity contribution is 5.89. The van der Waals surface area contributed by atoms with Crippen molar-refractivity contribution in [3.63, 3.8) is 0 Å². The van der Waals surface area contributed by atoms with Gasteiger partial charge in [-0.2, -0.15) is 4.98 Å². The van der Waals surface area contributed by atoms with Crippen molar-refractivity contribution in [2.45, 2.75) is 6.54 Å². The van der Waals surface area contributed by atoms with Gasteiger partial charge in [0.15, 0.2) is 0 Å². The van der Waals surface area contributed by atoms with E-state index in [0.717, 1.165) is 11.1 Å². The molecule has 21 heavy (non-hydrogen) atoms. The second-order valence-electron chi connectivity index (χ2n) is 4.33. The first-order valence-corrected chi connectivity index (χ1v) is 6.39. The van der Waals surface area contributed by atoms with Gasteiger partial charge in [-0.15, -0.1) is 0 Å². The summed E-state index contributed by atoms with van der Waals surface area (Å²) in [6.45, 7) is 0.379. The second-order valence-corrected chi connectivity index (χ2v) is 4.33. The molecule has 0 bridgehead atoms. The van der Waals surface area contributed by atoms with E-state index in [1.807, 2.05) is 42.5 Å². The molecular weight excluding hydrogens is 268 g/mol. The maximum Gasteiger partial charge on any atom is 0.316 e. The van der Waals surface area contributed by atoms with Crippen LogP contribution in [-0.4, -0.2) is 21.0 Å². The van der Waals surface area contributed by atoms with E-state index in [0.29, 0.717) is 12.4 Å². The summed E-state index contributed by atoms with van der Waals surface area (Å²) in [5, 5.41) is 6.52. The fraction of sp³-hybridized carbons (Fsp3) is 0.0667. The molecule has 0 unspecified atom stereocenters. The van der Waals surface area contributed by atoms with E-state index in [1.54, 1.807) is 12.4 Å². The van der Waals surface area contributed by atoms with Crippen LogP contribution in [0.4, 0.5) is 0 Å². The largest absolute Gasteiger partial charge is 0.344 e. The average Bonchev–Trinajstić information content (AvgIpc) is 3.04. The van der Waals surface area contributed by atoms with Crippen molar-refractivity contribution in [2.75, 3.05) is 0 Å². The minimum atomic E-state index is -0.401. The highest BCUT2D eigenvalue weighted by Gasteiger charge is 2.15. The lowest BCUT2D eigenvalue weighted by Gasteiger charge is -2.01. The molecule has 6 nitrogen and oxygen atoms in total. The first-order valence-electron chi connectivity index (χ1n) is 6.39. The van der Waals surface area contributed by atoms with Crippen LogP contribution < -0.4 is 5.32 Å². The van der Waals surface area contributed by atoms with E-state index < -0.39 is 5.91 Å². The summed E-state index contributed by atoms with van der Waals surface area (Å²) in [5.41, 5.74) is 1.75. The molecule has 1 N–H and O–H groups in total. The normalized spacial score (nSPS) is 10.3. The monoisotopic (exact) mass is 280 g/mol. The van der Waals surface area contributed by atoms with Crippen LogP contribution in [0.25, 0.3) is 11.4 Å². The molecule has 2 heterocycles. The Morgan fingerprint density at radius 3 is 2.62 bits per heavy atom. The van der Waals surface area contributed by atoms with Gasteiger partial charge in [0.25, 0.3) is 0 Å². The molecule has 0 saturated heterocycles. The molecule has 3 rings (SSSR count). The van der Waals surface area contributed by atoms with Gasteiger partial charge in [-0.1, -0.05) is 35.5 Å². The summed E-state index contributed by atoms with van der Waals surface area (Å²) in [6.07, 6.45) is 3.34. The van der Waals surface area contributed by atoms with Crippen molar-refractivity contribution in [1.29, 1.82) is 0 Å². The molecule has 0 aliphatic carbocycles. The zero-order valence-corrected chi connectivity index (χ0v) is 11.1. The quantitative estimate of drug-likeness (QED) is 0.791. The number of amides is 1. The summed E-state index contributed by atoms with van der Waals surface area (Å²) in [6, 6.07) is 13.0. The van der Waals surface area contributed by atoms with Crippen LogP contribution in [0.3, 0.4) is 0 Å². The lowest BCUT2D eigenvalue weighted by Crippen LogP contribution is -2.23. The zero-order chi connectivity index (χ0) is 14.5. The van der Waals surface area contributed by atoms with Gasteiger partial charge in [0, 0.05) is 24.5 Å². The van der Waals surface area contributed by atoms with Gasteiger partial charge in [-0.3, -0.25) is 9.78 Å². The molecule has 6 heteroatoms. The molecule has 2 aromatic heterocycles. The number of nitrogens with zero attached hydrogens (tertiary/aromatic N) is 3. The second kappa shape index (κ2) is 5.96. The van der Waals surface area contributed by atoms with E-state index in [1.165, 1.54) is 0 Å². The number of carbonyl (C=O) groups excluding carboxylic acids is 1. The molecule has 0 fully saturated rings. The Labute approximate surface area is 120 Å².